The minimum atomic E-state index is 0.762. The molecule has 0 radical (unpaired) electrons. The predicted molar refractivity (Wildman–Crippen MR) is 132 cm³/mol. The molecule has 2 rings (SSSR count). The van der Waals surface area contributed by atoms with E-state index in [2.05, 4.69) is 63.1 Å². The summed E-state index contributed by atoms with van der Waals surface area (Å²) in [5.41, 5.74) is 3.67. The summed E-state index contributed by atoms with van der Waals surface area (Å²) in [5, 5.41) is 4.73. The topological polar surface area (TPSA) is 43.2 Å². The lowest BCUT2D eigenvalue weighted by atomic mass is 10.0. The van der Waals surface area contributed by atoms with Gasteiger partial charge in [0.1, 0.15) is 5.82 Å². The van der Waals surface area contributed by atoms with Gasteiger partial charge in [0.05, 0.1) is 18.9 Å². The van der Waals surface area contributed by atoms with Crippen LogP contribution in [0.2, 0.25) is 0 Å². The Balaban J connectivity index is 2.39. The van der Waals surface area contributed by atoms with Gasteiger partial charge in [0.25, 0.3) is 0 Å². The van der Waals surface area contributed by atoms with Crippen molar-refractivity contribution in [2.75, 3.05) is 26.3 Å². The number of unbranched alkanes of at least 4 members (excludes halogenated alkanes) is 4. The van der Waals surface area contributed by atoms with Gasteiger partial charge in [0.2, 0.25) is 0 Å². The number of allylic oxidation sites excluding steroid dienone is 6. The lowest BCUT2D eigenvalue weighted by Crippen LogP contribution is -2.35. The highest BCUT2D eigenvalue weighted by Gasteiger charge is 2.20. The van der Waals surface area contributed by atoms with Crippen molar-refractivity contribution in [1.29, 1.82) is 0 Å². The number of ether oxygens (including phenoxy) is 1. The maximum absolute atomic E-state index is 5.58. The van der Waals surface area contributed by atoms with E-state index in [0.29, 0.717) is 0 Å². The van der Waals surface area contributed by atoms with E-state index in [1.165, 1.54) is 36.1 Å². The average Bonchev–Trinajstić information content (AvgIpc) is 3.13. The van der Waals surface area contributed by atoms with Gasteiger partial charge in [-0.1, -0.05) is 70.8 Å². The summed E-state index contributed by atoms with van der Waals surface area (Å²) in [5.74, 6) is 1.73. The second-order valence-corrected chi connectivity index (χ2v) is 8.21. The van der Waals surface area contributed by atoms with Crippen LogP contribution in [0.15, 0.2) is 35.5 Å². The standard InChI is InChI=1S/C26H42N4O/c1-6-9-12-14-24(15-13-10-7-2)22(4)21-30-26(27-23(5)28-30)25(16-11-8-3)29-17-19-31-20-18-29/h12,14-16,21H,6-11,13,17-20H2,1-5H3/b14-12+,22-21+,24-15+,25-16+. The summed E-state index contributed by atoms with van der Waals surface area (Å²) < 4.78 is 7.55. The highest BCUT2D eigenvalue weighted by molar-refractivity contribution is 5.61. The van der Waals surface area contributed by atoms with Gasteiger partial charge < -0.3 is 9.64 Å². The summed E-state index contributed by atoms with van der Waals surface area (Å²) >= 11 is 0. The van der Waals surface area contributed by atoms with E-state index in [9.17, 15) is 0 Å². The van der Waals surface area contributed by atoms with Crippen LogP contribution in [0.5, 0.6) is 0 Å². The van der Waals surface area contributed by atoms with E-state index in [4.69, 9.17) is 14.8 Å². The van der Waals surface area contributed by atoms with Crippen LogP contribution in [0.25, 0.3) is 11.9 Å². The van der Waals surface area contributed by atoms with E-state index in [1.807, 2.05) is 11.6 Å². The first-order valence-corrected chi connectivity index (χ1v) is 12.1. The zero-order valence-corrected chi connectivity index (χ0v) is 20.4. The Kier molecular flexibility index (Phi) is 11.4. The second kappa shape index (κ2) is 14.0. The molecule has 5 nitrogen and oxygen atoms in total. The van der Waals surface area contributed by atoms with Crippen molar-refractivity contribution >= 4 is 11.9 Å². The number of nitrogens with zero attached hydrogens (tertiary/aromatic N) is 4. The number of aromatic nitrogens is 3. The largest absolute Gasteiger partial charge is 0.378 e. The third kappa shape index (κ3) is 8.13. The van der Waals surface area contributed by atoms with Crippen molar-refractivity contribution in [2.24, 2.45) is 0 Å². The van der Waals surface area contributed by atoms with E-state index >= 15 is 0 Å². The van der Waals surface area contributed by atoms with E-state index in [-0.39, 0.29) is 0 Å². The molecule has 0 saturated carbocycles. The summed E-state index contributed by atoms with van der Waals surface area (Å²) in [6, 6.07) is 0. The zero-order valence-electron chi connectivity index (χ0n) is 20.4. The highest BCUT2D eigenvalue weighted by Crippen LogP contribution is 2.23. The van der Waals surface area contributed by atoms with Crippen molar-refractivity contribution in [2.45, 2.75) is 79.6 Å². The summed E-state index contributed by atoms with van der Waals surface area (Å²) in [7, 11) is 0. The Hall–Kier alpha value is -2.14. The molecule has 0 N–H and O–H groups in total. The first-order chi connectivity index (χ1) is 15.1. The van der Waals surface area contributed by atoms with Crippen molar-refractivity contribution in [3.8, 4) is 0 Å². The lowest BCUT2D eigenvalue weighted by molar-refractivity contribution is 0.0635. The molecule has 0 bridgehead atoms. The lowest BCUT2D eigenvalue weighted by Gasteiger charge is -2.30. The maximum atomic E-state index is 5.58. The monoisotopic (exact) mass is 426 g/mol. The molecule has 2 heterocycles. The number of hydrogen-bond acceptors (Lipinski definition) is 4. The van der Waals surface area contributed by atoms with Gasteiger partial charge in [-0.15, -0.1) is 0 Å². The van der Waals surface area contributed by atoms with Gasteiger partial charge in [-0.3, -0.25) is 0 Å². The number of morpholine rings is 1. The number of aryl methyl sites for hydroxylation is 1. The average molecular weight is 427 g/mol. The third-order valence-electron chi connectivity index (χ3n) is 5.39. The minimum absolute atomic E-state index is 0.762. The first-order valence-electron chi connectivity index (χ1n) is 12.1. The fourth-order valence-corrected chi connectivity index (χ4v) is 3.60. The van der Waals surface area contributed by atoms with Crippen LogP contribution in [0.4, 0.5) is 0 Å². The van der Waals surface area contributed by atoms with Gasteiger partial charge in [-0.05, 0) is 44.3 Å². The van der Waals surface area contributed by atoms with Gasteiger partial charge in [-0.25, -0.2) is 9.67 Å². The van der Waals surface area contributed by atoms with E-state index in [1.54, 1.807) is 0 Å². The summed E-state index contributed by atoms with van der Waals surface area (Å²) in [6.07, 6.45) is 19.3. The zero-order chi connectivity index (χ0) is 22.5. The molecule has 172 valence electrons. The summed E-state index contributed by atoms with van der Waals surface area (Å²) in [6.45, 7) is 14.1. The molecular formula is C26H42N4O. The smallest absolute Gasteiger partial charge is 0.178 e. The third-order valence-corrected chi connectivity index (χ3v) is 5.39. The van der Waals surface area contributed by atoms with Gasteiger partial charge in [-0.2, -0.15) is 5.10 Å². The van der Waals surface area contributed by atoms with Crippen LogP contribution in [-0.4, -0.2) is 46.0 Å². The van der Waals surface area contributed by atoms with Crippen LogP contribution in [0.1, 0.15) is 84.3 Å². The van der Waals surface area contributed by atoms with Crippen LogP contribution in [-0.2, 0) is 4.74 Å². The highest BCUT2D eigenvalue weighted by atomic mass is 16.5. The molecule has 0 aliphatic carbocycles. The van der Waals surface area contributed by atoms with Crippen molar-refractivity contribution in [3.63, 3.8) is 0 Å². The molecule has 0 spiro atoms. The predicted octanol–water partition coefficient (Wildman–Crippen LogP) is 6.39. The van der Waals surface area contributed by atoms with Crippen LogP contribution in [0, 0.1) is 6.92 Å². The Labute approximate surface area is 189 Å². The minimum Gasteiger partial charge on any atom is -0.378 e. The molecule has 1 saturated heterocycles. The Morgan fingerprint density at radius 2 is 1.74 bits per heavy atom. The fourth-order valence-electron chi connectivity index (χ4n) is 3.60. The quantitative estimate of drug-likeness (QED) is 0.287. The van der Waals surface area contributed by atoms with Crippen molar-refractivity contribution in [1.82, 2.24) is 19.7 Å². The molecule has 5 heteroatoms. The second-order valence-electron chi connectivity index (χ2n) is 8.21. The maximum Gasteiger partial charge on any atom is 0.178 e. The first kappa shape index (κ1) is 25.1. The number of hydrogen-bond donors (Lipinski definition) is 0. The Bertz CT molecular complexity index is 779. The van der Waals surface area contributed by atoms with Crippen LogP contribution < -0.4 is 0 Å². The molecule has 0 amide bonds. The molecule has 0 unspecified atom stereocenters. The molecule has 1 aliphatic rings. The molecule has 0 aromatic carbocycles. The van der Waals surface area contributed by atoms with Crippen LogP contribution >= 0.6 is 0 Å². The molecule has 1 aliphatic heterocycles. The molecule has 31 heavy (non-hydrogen) atoms. The van der Waals surface area contributed by atoms with Gasteiger partial charge in [0, 0.05) is 19.3 Å². The molecule has 1 aromatic heterocycles. The molecular weight excluding hydrogens is 384 g/mol. The Morgan fingerprint density at radius 1 is 1.00 bits per heavy atom. The van der Waals surface area contributed by atoms with Gasteiger partial charge >= 0.3 is 0 Å². The SMILES string of the molecule is CCC/C=C/C(=C\CCCC)C(/C)=C/n1nc(C)nc1/C(=C\CCC)N1CCOCC1. The molecule has 0 atom stereocenters. The van der Waals surface area contributed by atoms with Crippen LogP contribution in [0.3, 0.4) is 0 Å². The molecule has 1 aromatic rings. The van der Waals surface area contributed by atoms with E-state index in [0.717, 1.165) is 63.6 Å². The van der Waals surface area contributed by atoms with E-state index < -0.39 is 0 Å². The fraction of sp³-hybridized carbons (Fsp3) is 0.615. The Morgan fingerprint density at radius 3 is 2.42 bits per heavy atom. The van der Waals surface area contributed by atoms with Crippen molar-refractivity contribution in [3.05, 3.63) is 47.1 Å². The van der Waals surface area contributed by atoms with Crippen molar-refractivity contribution < 1.29 is 4.74 Å². The summed E-state index contributed by atoms with van der Waals surface area (Å²) in [4.78, 5) is 7.21. The van der Waals surface area contributed by atoms with Gasteiger partial charge in [0.15, 0.2) is 5.82 Å². The normalized spacial score (nSPS) is 16.5. The number of rotatable bonds is 12. The molecule has 1 fully saturated rings.